The molecular weight excluding hydrogens is 171 g/mol. The zero-order valence-corrected chi connectivity index (χ0v) is 7.46. The lowest BCUT2D eigenvalue weighted by Crippen LogP contribution is -2.20. The molecule has 3 nitrogen and oxygen atoms in total. The fourth-order valence-electron chi connectivity index (χ4n) is 1.03. The highest BCUT2D eigenvalue weighted by atomic mass is 19.1. The number of nitrogens with zero attached hydrogens (tertiary/aromatic N) is 2. The van der Waals surface area contributed by atoms with Crippen LogP contribution in [0.2, 0.25) is 0 Å². The Kier molecular flexibility index (Phi) is 3.02. The second kappa shape index (κ2) is 4.04. The molecule has 0 aromatic rings. The highest BCUT2D eigenvalue weighted by molar-refractivity contribution is 5.77. The fraction of sp³-hybridized carbons (Fsp3) is 0.556. The molecule has 0 N–H and O–H groups in total. The van der Waals surface area contributed by atoms with Gasteiger partial charge in [0.2, 0.25) is 0 Å². The van der Waals surface area contributed by atoms with E-state index in [4.69, 9.17) is 10.00 Å². The molecule has 0 aromatic heterocycles. The summed E-state index contributed by atoms with van der Waals surface area (Å²) in [5.41, 5.74) is -0.611. The summed E-state index contributed by atoms with van der Waals surface area (Å²) in [6, 6.07) is 2.12. The number of ether oxygens (including phenoxy) is 1. The molecule has 0 spiro atoms. The number of halogens is 1. The maximum atomic E-state index is 11.8. The van der Waals surface area contributed by atoms with Gasteiger partial charge in [0, 0.05) is 0 Å². The third kappa shape index (κ3) is 2.55. The predicted octanol–water partition coefficient (Wildman–Crippen LogP) is 1.47. The van der Waals surface area contributed by atoms with Crippen molar-refractivity contribution >= 4 is 6.21 Å². The van der Waals surface area contributed by atoms with E-state index in [9.17, 15) is 4.39 Å². The van der Waals surface area contributed by atoms with Crippen LogP contribution in [-0.4, -0.2) is 26.0 Å². The maximum absolute atomic E-state index is 11.8. The van der Waals surface area contributed by atoms with E-state index in [0.29, 0.717) is 12.3 Å². The molecule has 1 rings (SSSR count). The van der Waals surface area contributed by atoms with Crippen molar-refractivity contribution in [2.24, 2.45) is 10.4 Å². The van der Waals surface area contributed by atoms with Crippen molar-refractivity contribution in [3.05, 3.63) is 11.8 Å². The molecule has 1 aliphatic rings. The van der Waals surface area contributed by atoms with Crippen molar-refractivity contribution in [2.45, 2.75) is 6.92 Å². The van der Waals surface area contributed by atoms with Crippen molar-refractivity contribution < 1.29 is 9.13 Å². The Hall–Kier alpha value is -1.37. The Labute approximate surface area is 76.5 Å². The van der Waals surface area contributed by atoms with Gasteiger partial charge in [0.25, 0.3) is 0 Å². The molecule has 0 aromatic carbocycles. The minimum Gasteiger partial charge on any atom is -0.490 e. The summed E-state index contributed by atoms with van der Waals surface area (Å²) in [6.07, 6.45) is 3.20. The lowest BCUT2D eigenvalue weighted by atomic mass is 9.91. The monoisotopic (exact) mass is 182 g/mol. The molecule has 13 heavy (non-hydrogen) atoms. The fourth-order valence-corrected chi connectivity index (χ4v) is 1.03. The molecule has 70 valence electrons. The van der Waals surface area contributed by atoms with Gasteiger partial charge >= 0.3 is 0 Å². The molecule has 0 bridgehead atoms. The van der Waals surface area contributed by atoms with Gasteiger partial charge < -0.3 is 4.74 Å². The first-order valence-corrected chi connectivity index (χ1v) is 4.03. The summed E-state index contributed by atoms with van der Waals surface area (Å²) >= 11 is 0. The average Bonchev–Trinajstić information content (AvgIpc) is 2.15. The predicted molar refractivity (Wildman–Crippen MR) is 47.1 cm³/mol. The van der Waals surface area contributed by atoms with Crippen LogP contribution >= 0.6 is 0 Å². The number of dihydropyridines is 1. The molecule has 0 radical (unpaired) electrons. The molecule has 0 amide bonds. The van der Waals surface area contributed by atoms with Crippen LogP contribution in [0.25, 0.3) is 0 Å². The third-order valence-electron chi connectivity index (χ3n) is 1.70. The lowest BCUT2D eigenvalue weighted by molar-refractivity contribution is 0.200. The van der Waals surface area contributed by atoms with E-state index >= 15 is 0 Å². The molecule has 1 atom stereocenters. The van der Waals surface area contributed by atoms with Gasteiger partial charge in [-0.1, -0.05) is 0 Å². The van der Waals surface area contributed by atoms with Gasteiger partial charge in [-0.15, -0.1) is 0 Å². The Morgan fingerprint density at radius 2 is 2.62 bits per heavy atom. The zero-order chi connectivity index (χ0) is 9.73. The second-order valence-corrected chi connectivity index (χ2v) is 3.08. The van der Waals surface area contributed by atoms with Crippen molar-refractivity contribution in [3.8, 4) is 6.07 Å². The molecule has 0 saturated heterocycles. The van der Waals surface area contributed by atoms with E-state index in [2.05, 4.69) is 11.1 Å². The summed E-state index contributed by atoms with van der Waals surface area (Å²) in [5.74, 6) is 0.480. The quantitative estimate of drug-likeness (QED) is 0.663. The Morgan fingerprint density at radius 1 is 1.85 bits per heavy atom. The maximum Gasteiger partial charge on any atom is 0.134 e. The summed E-state index contributed by atoms with van der Waals surface area (Å²) in [4.78, 5) is 3.97. The van der Waals surface area contributed by atoms with Gasteiger partial charge in [0.15, 0.2) is 0 Å². The molecular formula is C9H11FN2O. The largest absolute Gasteiger partial charge is 0.490 e. The SMILES string of the molecule is CC1(C#N)C=C(OCCF)C=NC1. The number of hydrogen-bond acceptors (Lipinski definition) is 3. The molecule has 1 unspecified atom stereocenters. The van der Waals surface area contributed by atoms with E-state index in [0.717, 1.165) is 0 Å². The Bertz CT molecular complexity index is 280. The molecule has 1 heterocycles. The van der Waals surface area contributed by atoms with Crippen LogP contribution in [0.15, 0.2) is 16.8 Å². The number of alkyl halides is 1. The van der Waals surface area contributed by atoms with Gasteiger partial charge in [-0.25, -0.2) is 4.39 Å². The lowest BCUT2D eigenvalue weighted by Gasteiger charge is -2.19. The second-order valence-electron chi connectivity index (χ2n) is 3.08. The van der Waals surface area contributed by atoms with E-state index in [1.165, 1.54) is 6.21 Å². The summed E-state index contributed by atoms with van der Waals surface area (Å²) in [6.45, 7) is 1.68. The number of allylic oxidation sites excluding steroid dienone is 1. The van der Waals surface area contributed by atoms with Gasteiger partial charge in [-0.3, -0.25) is 4.99 Å². The van der Waals surface area contributed by atoms with Crippen LogP contribution < -0.4 is 0 Å². The first-order valence-electron chi connectivity index (χ1n) is 4.03. The van der Waals surface area contributed by atoms with E-state index in [-0.39, 0.29) is 6.61 Å². The number of nitriles is 1. The minimum atomic E-state index is -0.611. The third-order valence-corrected chi connectivity index (χ3v) is 1.70. The number of aliphatic imine (C=N–C) groups is 1. The molecule has 0 aliphatic carbocycles. The molecule has 1 aliphatic heterocycles. The van der Waals surface area contributed by atoms with Gasteiger partial charge in [0.05, 0.1) is 24.2 Å². The normalized spacial score (nSPS) is 26.4. The summed E-state index contributed by atoms with van der Waals surface area (Å²) in [5, 5.41) is 8.80. The topological polar surface area (TPSA) is 45.4 Å². The highest BCUT2D eigenvalue weighted by Crippen LogP contribution is 2.22. The van der Waals surface area contributed by atoms with E-state index < -0.39 is 12.1 Å². The van der Waals surface area contributed by atoms with Crippen LogP contribution in [-0.2, 0) is 4.74 Å². The van der Waals surface area contributed by atoms with Crippen LogP contribution in [0.1, 0.15) is 6.92 Å². The van der Waals surface area contributed by atoms with Gasteiger partial charge in [-0.05, 0) is 13.0 Å². The van der Waals surface area contributed by atoms with E-state index in [1.54, 1.807) is 13.0 Å². The van der Waals surface area contributed by atoms with Crippen LogP contribution in [0.5, 0.6) is 0 Å². The molecule has 0 saturated carbocycles. The van der Waals surface area contributed by atoms with Gasteiger partial charge in [0.1, 0.15) is 19.0 Å². The molecule has 4 heteroatoms. The van der Waals surface area contributed by atoms with Gasteiger partial charge in [-0.2, -0.15) is 5.26 Å². The van der Waals surface area contributed by atoms with Crippen LogP contribution in [0.4, 0.5) is 4.39 Å². The minimum absolute atomic E-state index is 0.0133. The summed E-state index contributed by atoms with van der Waals surface area (Å²) < 4.78 is 16.8. The van der Waals surface area contributed by atoms with Crippen LogP contribution in [0, 0.1) is 16.7 Å². The van der Waals surface area contributed by atoms with Crippen molar-refractivity contribution in [2.75, 3.05) is 19.8 Å². The van der Waals surface area contributed by atoms with E-state index in [1.807, 2.05) is 0 Å². The van der Waals surface area contributed by atoms with Crippen molar-refractivity contribution in [1.29, 1.82) is 5.26 Å². The van der Waals surface area contributed by atoms with Crippen LogP contribution in [0.3, 0.4) is 0 Å². The summed E-state index contributed by atoms with van der Waals surface area (Å²) in [7, 11) is 0. The highest BCUT2D eigenvalue weighted by Gasteiger charge is 2.24. The number of rotatable bonds is 3. The first kappa shape index (κ1) is 9.72. The molecule has 0 fully saturated rings. The Morgan fingerprint density at radius 3 is 3.23 bits per heavy atom. The zero-order valence-electron chi connectivity index (χ0n) is 7.46. The Balaban J connectivity index is 2.65. The smallest absolute Gasteiger partial charge is 0.134 e. The number of hydrogen-bond donors (Lipinski definition) is 0. The first-order chi connectivity index (χ1) is 6.20. The average molecular weight is 182 g/mol. The van der Waals surface area contributed by atoms with Crippen molar-refractivity contribution in [1.82, 2.24) is 0 Å². The standard InChI is InChI=1S/C9H11FN2O/c1-9(6-11)4-8(5-12-7-9)13-3-2-10/h4-5H,2-3,7H2,1H3. The van der Waals surface area contributed by atoms with Crippen molar-refractivity contribution in [3.63, 3.8) is 0 Å².